The van der Waals surface area contributed by atoms with E-state index in [9.17, 15) is 24.0 Å². The molecule has 2 rings (SSSR count). The molecule has 0 aromatic heterocycles. The van der Waals surface area contributed by atoms with Crippen LogP contribution in [-0.4, -0.2) is 71.4 Å². The molecule has 2 saturated heterocycles. The first kappa shape index (κ1) is 25.3. The highest BCUT2D eigenvalue weighted by atomic mass is 33.1. The number of carbonyl (C=O) groups excluding carboxylic acids is 5. The van der Waals surface area contributed by atoms with Gasteiger partial charge >= 0.3 is 5.97 Å². The molecule has 0 spiro atoms. The quantitative estimate of drug-likeness (QED) is 0.281. The molecule has 2 aliphatic heterocycles. The van der Waals surface area contributed by atoms with Crippen molar-refractivity contribution in [3.63, 3.8) is 0 Å². The van der Waals surface area contributed by atoms with Gasteiger partial charge in [0.15, 0.2) is 0 Å². The van der Waals surface area contributed by atoms with Gasteiger partial charge in [-0.3, -0.25) is 19.2 Å². The van der Waals surface area contributed by atoms with E-state index in [1.54, 1.807) is 10.8 Å². The number of esters is 1. The van der Waals surface area contributed by atoms with Crippen LogP contribution >= 0.6 is 21.6 Å². The van der Waals surface area contributed by atoms with Crippen molar-refractivity contribution in [3.05, 3.63) is 0 Å². The van der Waals surface area contributed by atoms with Crippen LogP contribution in [0.1, 0.15) is 46.5 Å². The predicted octanol–water partition coefficient (Wildman–Crippen LogP) is -0.134. The van der Waals surface area contributed by atoms with E-state index < -0.39 is 59.9 Å². The van der Waals surface area contributed by atoms with Crippen LogP contribution in [0.15, 0.2) is 0 Å². The van der Waals surface area contributed by atoms with Gasteiger partial charge in [0.05, 0.1) is 6.42 Å². The third-order valence-corrected chi connectivity index (χ3v) is 7.39. The molecule has 2 aliphatic rings. The van der Waals surface area contributed by atoms with Crippen molar-refractivity contribution in [2.24, 2.45) is 0 Å². The molecule has 0 aromatic rings. The molecule has 12 heteroatoms. The Hall–Kier alpha value is -1.95. The summed E-state index contributed by atoms with van der Waals surface area (Å²) in [6.45, 7) is 4.50. The molecule has 2 heterocycles. The van der Waals surface area contributed by atoms with E-state index in [2.05, 4.69) is 21.3 Å². The fourth-order valence-electron chi connectivity index (χ4n) is 3.01. The molecule has 0 aliphatic carbocycles. The summed E-state index contributed by atoms with van der Waals surface area (Å²) in [5.74, 6) is -1.56. The minimum atomic E-state index is -0.943. The second kappa shape index (κ2) is 12.2. The topological polar surface area (TPSA) is 143 Å². The van der Waals surface area contributed by atoms with Crippen molar-refractivity contribution >= 4 is 51.2 Å². The zero-order chi connectivity index (χ0) is 23.0. The number of amides is 4. The van der Waals surface area contributed by atoms with Crippen LogP contribution in [0.2, 0.25) is 0 Å². The highest BCUT2D eigenvalue weighted by molar-refractivity contribution is 8.76. The van der Waals surface area contributed by atoms with Gasteiger partial charge in [-0.25, -0.2) is 4.79 Å². The summed E-state index contributed by atoms with van der Waals surface area (Å²) in [5, 5.41) is 10.3. The van der Waals surface area contributed by atoms with Crippen LogP contribution in [-0.2, 0) is 28.7 Å². The zero-order valence-corrected chi connectivity index (χ0v) is 19.5. The molecule has 2 bridgehead atoms. The maximum Gasteiger partial charge on any atom is 0.328 e. The van der Waals surface area contributed by atoms with Crippen molar-refractivity contribution in [2.45, 2.75) is 76.7 Å². The van der Waals surface area contributed by atoms with Crippen molar-refractivity contribution in [1.82, 2.24) is 21.3 Å². The van der Waals surface area contributed by atoms with Crippen molar-refractivity contribution in [3.8, 4) is 0 Å². The maximum atomic E-state index is 12.7. The molecule has 4 amide bonds. The van der Waals surface area contributed by atoms with Crippen molar-refractivity contribution in [2.75, 3.05) is 11.5 Å². The van der Waals surface area contributed by atoms with Crippen LogP contribution < -0.4 is 21.3 Å². The Balaban J connectivity index is 2.34. The van der Waals surface area contributed by atoms with Crippen molar-refractivity contribution in [1.29, 1.82) is 0 Å². The predicted molar refractivity (Wildman–Crippen MR) is 118 cm³/mol. The van der Waals surface area contributed by atoms with Gasteiger partial charge in [-0.1, -0.05) is 21.6 Å². The van der Waals surface area contributed by atoms with Gasteiger partial charge < -0.3 is 26.0 Å². The summed E-state index contributed by atoms with van der Waals surface area (Å²) in [6.07, 6.45) is 1.32. The third kappa shape index (κ3) is 8.24. The third-order valence-electron chi connectivity index (χ3n) is 4.89. The normalized spacial score (nSPS) is 32.6. The number of fused-ring (bicyclic) bond motifs is 7. The molecule has 0 aromatic carbocycles. The monoisotopic (exact) mass is 474 g/mol. The average molecular weight is 475 g/mol. The van der Waals surface area contributed by atoms with E-state index in [1.807, 2.05) is 0 Å². The Labute approximate surface area is 189 Å². The fraction of sp³-hybridized carbons (Fsp3) is 0.737. The van der Waals surface area contributed by atoms with E-state index in [1.165, 1.54) is 31.6 Å². The number of carbonyl (C=O) groups is 5. The molecule has 5 atom stereocenters. The lowest BCUT2D eigenvalue weighted by Crippen LogP contribution is -2.57. The van der Waals surface area contributed by atoms with Gasteiger partial charge in [0, 0.05) is 11.5 Å². The molecular formula is C19H30N4O6S2. The molecule has 5 unspecified atom stereocenters. The van der Waals surface area contributed by atoms with E-state index in [0.717, 1.165) is 18.6 Å². The highest BCUT2D eigenvalue weighted by Gasteiger charge is 2.30. The van der Waals surface area contributed by atoms with Gasteiger partial charge in [-0.05, 0) is 40.0 Å². The van der Waals surface area contributed by atoms with Crippen LogP contribution in [0.25, 0.3) is 0 Å². The minimum Gasteiger partial charge on any atom is -0.460 e. The lowest BCUT2D eigenvalue weighted by molar-refractivity contribution is -0.154. The van der Waals surface area contributed by atoms with Gasteiger partial charge in [0.25, 0.3) is 0 Å². The van der Waals surface area contributed by atoms with Crippen LogP contribution in [0.3, 0.4) is 0 Å². The Morgan fingerprint density at radius 1 is 0.774 bits per heavy atom. The van der Waals surface area contributed by atoms with Gasteiger partial charge in [-0.15, -0.1) is 0 Å². The molecular weight excluding hydrogens is 444 g/mol. The zero-order valence-electron chi connectivity index (χ0n) is 17.9. The van der Waals surface area contributed by atoms with E-state index in [-0.39, 0.29) is 6.42 Å². The first-order valence-electron chi connectivity index (χ1n) is 10.3. The number of nitrogens with one attached hydrogen (secondary N) is 4. The van der Waals surface area contributed by atoms with Gasteiger partial charge in [-0.2, -0.15) is 0 Å². The molecule has 2 fully saturated rings. The molecule has 0 saturated carbocycles. The van der Waals surface area contributed by atoms with E-state index in [4.69, 9.17) is 4.74 Å². The average Bonchev–Trinajstić information content (AvgIpc) is 2.70. The standard InChI is InChI=1S/C19H30N4O6S2/c1-10-17(26)23-14-9-31-30-7-5-4-6-13(8-15(24)20-10)29-19(28)12(3)22-16(25)11(2)21-18(14)27/h10-14H,4-9H2,1-3H3,(H,20,24)(H,21,27)(H,22,25)(H,23,26). The largest absolute Gasteiger partial charge is 0.460 e. The SMILES string of the molecule is CC1NC(=O)CC2CCCCSSCC(NC1=O)C(=O)NC(C)C(=O)NC(C)C(=O)O2. The second-order valence-electron chi connectivity index (χ2n) is 7.68. The molecule has 31 heavy (non-hydrogen) atoms. The molecule has 4 N–H and O–H groups in total. The summed E-state index contributed by atoms with van der Waals surface area (Å²) in [4.78, 5) is 62.7. The van der Waals surface area contributed by atoms with E-state index >= 15 is 0 Å². The maximum absolute atomic E-state index is 12.7. The number of ether oxygens (including phenoxy) is 1. The molecule has 174 valence electrons. The summed E-state index contributed by atoms with van der Waals surface area (Å²) in [6, 6.07) is -3.62. The summed E-state index contributed by atoms with van der Waals surface area (Å²) in [5.41, 5.74) is 0. The summed E-state index contributed by atoms with van der Waals surface area (Å²) >= 11 is 0. The number of hydrogen-bond acceptors (Lipinski definition) is 8. The summed E-state index contributed by atoms with van der Waals surface area (Å²) in [7, 11) is 3.03. The van der Waals surface area contributed by atoms with Gasteiger partial charge in [0.2, 0.25) is 23.6 Å². The van der Waals surface area contributed by atoms with Gasteiger partial charge in [0.1, 0.15) is 30.3 Å². The van der Waals surface area contributed by atoms with E-state index in [0.29, 0.717) is 12.2 Å². The fourth-order valence-corrected chi connectivity index (χ4v) is 5.32. The molecule has 0 radical (unpaired) electrons. The second-order valence-corrected chi connectivity index (χ2v) is 10.3. The Kier molecular flexibility index (Phi) is 9.94. The number of hydrogen-bond donors (Lipinski definition) is 4. The Morgan fingerprint density at radius 3 is 2.16 bits per heavy atom. The first-order chi connectivity index (χ1) is 14.7. The lowest BCUT2D eigenvalue weighted by atomic mass is 10.1. The van der Waals surface area contributed by atoms with Crippen LogP contribution in [0, 0.1) is 0 Å². The van der Waals surface area contributed by atoms with Crippen LogP contribution in [0.5, 0.6) is 0 Å². The minimum absolute atomic E-state index is 0.0910. The molecule has 10 nitrogen and oxygen atoms in total. The smallest absolute Gasteiger partial charge is 0.328 e. The highest BCUT2D eigenvalue weighted by Crippen LogP contribution is 2.24. The first-order valence-corrected chi connectivity index (χ1v) is 12.8. The Morgan fingerprint density at radius 2 is 1.42 bits per heavy atom. The summed E-state index contributed by atoms with van der Waals surface area (Å²) < 4.78 is 5.50. The Bertz CT molecular complexity index is 707. The van der Waals surface area contributed by atoms with Crippen molar-refractivity contribution < 1.29 is 28.7 Å². The number of rotatable bonds is 0. The van der Waals surface area contributed by atoms with Crippen LogP contribution in [0.4, 0.5) is 0 Å². The lowest BCUT2D eigenvalue weighted by Gasteiger charge is -2.25.